The van der Waals surface area contributed by atoms with E-state index in [1.165, 1.54) is 0 Å². The summed E-state index contributed by atoms with van der Waals surface area (Å²) in [7, 11) is 0. The van der Waals surface area contributed by atoms with Crippen LogP contribution in [0.5, 0.6) is 0 Å². The van der Waals surface area contributed by atoms with Gasteiger partial charge in [0.25, 0.3) is 11.8 Å². The normalized spacial score (nSPS) is 26.8. The lowest BCUT2D eigenvalue weighted by molar-refractivity contribution is -0.162. The van der Waals surface area contributed by atoms with Crippen LogP contribution in [0.3, 0.4) is 0 Å². The Morgan fingerprint density at radius 3 is 2.16 bits per heavy atom. The van der Waals surface area contributed by atoms with Crippen LogP contribution in [-0.2, 0) is 23.9 Å². The molecular weight excluding hydrogens is 414 g/mol. The average molecular weight is 441 g/mol. The first-order valence-corrected chi connectivity index (χ1v) is 11.0. The summed E-state index contributed by atoms with van der Waals surface area (Å²) >= 11 is 0. The molecular formula is C23H27N3O6. The molecule has 1 aromatic carbocycles. The summed E-state index contributed by atoms with van der Waals surface area (Å²) < 4.78 is 5.12. The number of carbonyl (C=O) groups is 5. The molecule has 32 heavy (non-hydrogen) atoms. The molecule has 2 N–H and O–H groups in total. The molecule has 4 amide bonds. The second kappa shape index (κ2) is 8.72. The first-order valence-electron chi connectivity index (χ1n) is 11.0. The maximum atomic E-state index is 13.1. The molecule has 5 atom stereocenters. The molecule has 1 aliphatic heterocycles. The maximum absolute atomic E-state index is 13.1. The van der Waals surface area contributed by atoms with Gasteiger partial charge in [0.2, 0.25) is 11.8 Å². The summed E-state index contributed by atoms with van der Waals surface area (Å²) in [5.74, 6) is -3.22. The van der Waals surface area contributed by atoms with Crippen molar-refractivity contribution in [3.05, 3.63) is 35.9 Å². The van der Waals surface area contributed by atoms with Crippen molar-refractivity contribution in [3.8, 4) is 0 Å². The number of hydrogen-bond acceptors (Lipinski definition) is 6. The van der Waals surface area contributed by atoms with Crippen molar-refractivity contribution in [1.82, 2.24) is 15.8 Å². The largest absolute Gasteiger partial charge is 0.454 e. The van der Waals surface area contributed by atoms with Gasteiger partial charge in [-0.05, 0) is 49.1 Å². The van der Waals surface area contributed by atoms with E-state index in [4.69, 9.17) is 4.74 Å². The molecule has 9 heteroatoms. The van der Waals surface area contributed by atoms with Gasteiger partial charge < -0.3 is 4.74 Å². The number of imide groups is 1. The predicted octanol–water partition coefficient (Wildman–Crippen LogP) is 1.05. The number of likely N-dealkylation sites (tertiary alicyclic amines) is 1. The van der Waals surface area contributed by atoms with Crippen LogP contribution in [0.1, 0.15) is 43.5 Å². The quantitative estimate of drug-likeness (QED) is 0.387. The Morgan fingerprint density at radius 2 is 1.59 bits per heavy atom. The zero-order valence-electron chi connectivity index (χ0n) is 18.1. The Morgan fingerprint density at radius 1 is 1.00 bits per heavy atom. The Kier molecular flexibility index (Phi) is 5.99. The maximum Gasteiger partial charge on any atom is 0.330 e. The summed E-state index contributed by atoms with van der Waals surface area (Å²) in [4.78, 5) is 64.0. The molecule has 1 aromatic rings. The van der Waals surface area contributed by atoms with Crippen molar-refractivity contribution in [2.75, 3.05) is 6.61 Å². The van der Waals surface area contributed by atoms with Gasteiger partial charge in [-0.15, -0.1) is 0 Å². The third kappa shape index (κ3) is 3.87. The minimum absolute atomic E-state index is 0.217. The van der Waals surface area contributed by atoms with Gasteiger partial charge in [0.05, 0.1) is 11.8 Å². The summed E-state index contributed by atoms with van der Waals surface area (Å²) in [5.41, 5.74) is 4.78. The van der Waals surface area contributed by atoms with E-state index in [0.717, 1.165) is 24.2 Å². The van der Waals surface area contributed by atoms with E-state index in [9.17, 15) is 24.0 Å². The number of esters is 1. The fourth-order valence-corrected chi connectivity index (χ4v) is 5.43. The topological polar surface area (TPSA) is 122 Å². The third-order valence-corrected chi connectivity index (χ3v) is 6.81. The van der Waals surface area contributed by atoms with E-state index in [2.05, 4.69) is 10.9 Å². The van der Waals surface area contributed by atoms with Gasteiger partial charge in [0, 0.05) is 5.56 Å². The number of hydrogen-bond donors (Lipinski definition) is 2. The average Bonchev–Trinajstić information content (AvgIpc) is 3.46. The van der Waals surface area contributed by atoms with Gasteiger partial charge in [-0.25, -0.2) is 4.79 Å². The van der Waals surface area contributed by atoms with E-state index in [1.807, 2.05) is 0 Å². The van der Waals surface area contributed by atoms with Crippen molar-refractivity contribution in [2.45, 2.75) is 39.2 Å². The van der Waals surface area contributed by atoms with Crippen LogP contribution in [0.2, 0.25) is 0 Å². The minimum atomic E-state index is -1.08. The zero-order valence-corrected chi connectivity index (χ0v) is 18.1. The van der Waals surface area contributed by atoms with Crippen molar-refractivity contribution >= 4 is 29.6 Å². The van der Waals surface area contributed by atoms with Gasteiger partial charge >= 0.3 is 5.97 Å². The van der Waals surface area contributed by atoms with Crippen LogP contribution in [0.15, 0.2) is 30.3 Å². The van der Waals surface area contributed by atoms with Crippen LogP contribution in [0.25, 0.3) is 0 Å². The van der Waals surface area contributed by atoms with Gasteiger partial charge in [0.1, 0.15) is 6.04 Å². The van der Waals surface area contributed by atoms with Crippen LogP contribution in [0.4, 0.5) is 0 Å². The smallest absolute Gasteiger partial charge is 0.330 e. The van der Waals surface area contributed by atoms with Crippen LogP contribution in [-0.4, -0.2) is 47.1 Å². The van der Waals surface area contributed by atoms with Gasteiger partial charge in [-0.3, -0.25) is 34.9 Å². The number of amides is 4. The number of rotatable bonds is 6. The number of benzene rings is 1. The summed E-state index contributed by atoms with van der Waals surface area (Å²) in [5, 5.41) is 0. The first kappa shape index (κ1) is 22.0. The highest BCUT2D eigenvalue weighted by molar-refractivity contribution is 6.08. The second-order valence-corrected chi connectivity index (χ2v) is 9.10. The van der Waals surface area contributed by atoms with Crippen molar-refractivity contribution < 1.29 is 28.7 Å². The molecule has 0 aromatic heterocycles. The standard InChI is InChI=1S/C23H27N3O6/c1-12(2)19(26-21(29)17-14-8-9-15(10-14)18(17)22(26)30)23(31)32-11-16(27)24-25-20(28)13-6-4-3-5-7-13/h3-7,12,14-15,17-19H,8-11H2,1-2H3,(H,24,27)(H,25,28)/t14-,15-,17-,18+,19+/m0/s1. The van der Waals surface area contributed by atoms with Gasteiger partial charge in [0.15, 0.2) is 6.61 Å². The number of ether oxygens (including phenoxy) is 1. The fourth-order valence-electron chi connectivity index (χ4n) is 5.43. The SMILES string of the molecule is CC(C)[C@H](C(=O)OCC(=O)NNC(=O)c1ccccc1)N1C(=O)[C@@H]2[C@H]3CC[C@@H](C3)[C@@H]2C1=O. The van der Waals surface area contributed by atoms with Crippen LogP contribution < -0.4 is 10.9 Å². The van der Waals surface area contributed by atoms with Crippen molar-refractivity contribution in [3.63, 3.8) is 0 Å². The van der Waals surface area contributed by atoms with Gasteiger partial charge in [-0.2, -0.15) is 0 Å². The molecule has 4 rings (SSSR count). The number of nitrogens with zero attached hydrogens (tertiary/aromatic N) is 1. The molecule has 0 radical (unpaired) electrons. The number of carbonyl (C=O) groups excluding carboxylic acids is 5. The van der Waals surface area contributed by atoms with Crippen LogP contribution in [0, 0.1) is 29.6 Å². The lowest BCUT2D eigenvalue weighted by Gasteiger charge is -2.28. The molecule has 0 spiro atoms. The number of nitrogens with one attached hydrogen (secondary N) is 2. The lowest BCUT2D eigenvalue weighted by atomic mass is 9.81. The molecule has 2 saturated carbocycles. The monoisotopic (exact) mass is 441 g/mol. The third-order valence-electron chi connectivity index (χ3n) is 6.81. The summed E-state index contributed by atoms with van der Waals surface area (Å²) in [6.07, 6.45) is 2.81. The zero-order chi connectivity index (χ0) is 23.0. The fraction of sp³-hybridized carbons (Fsp3) is 0.522. The van der Waals surface area contributed by atoms with E-state index < -0.39 is 30.4 Å². The molecule has 2 aliphatic carbocycles. The Hall–Kier alpha value is -3.23. The van der Waals surface area contributed by atoms with E-state index >= 15 is 0 Å². The van der Waals surface area contributed by atoms with Crippen LogP contribution >= 0.6 is 0 Å². The minimum Gasteiger partial charge on any atom is -0.454 e. The first-order chi connectivity index (χ1) is 15.3. The predicted molar refractivity (Wildman–Crippen MR) is 111 cm³/mol. The molecule has 1 saturated heterocycles. The number of hydrazine groups is 1. The Labute approximate surface area is 185 Å². The molecule has 170 valence electrons. The molecule has 1 heterocycles. The van der Waals surface area contributed by atoms with Gasteiger partial charge in [-0.1, -0.05) is 32.0 Å². The second-order valence-electron chi connectivity index (χ2n) is 9.10. The molecule has 0 unspecified atom stereocenters. The Bertz CT molecular complexity index is 918. The van der Waals surface area contributed by atoms with E-state index in [0.29, 0.717) is 5.56 Å². The highest BCUT2D eigenvalue weighted by Gasteiger charge is 2.62. The Balaban J connectivity index is 1.34. The lowest BCUT2D eigenvalue weighted by Crippen LogP contribution is -2.50. The molecule has 2 bridgehead atoms. The van der Waals surface area contributed by atoms with Crippen molar-refractivity contribution in [2.24, 2.45) is 29.6 Å². The molecule has 3 aliphatic rings. The molecule has 9 nitrogen and oxygen atoms in total. The highest BCUT2D eigenvalue weighted by atomic mass is 16.5. The summed E-state index contributed by atoms with van der Waals surface area (Å²) in [6.45, 7) is 2.82. The highest BCUT2D eigenvalue weighted by Crippen LogP contribution is 2.56. The number of fused-ring (bicyclic) bond motifs is 5. The van der Waals surface area contributed by atoms with Crippen molar-refractivity contribution in [1.29, 1.82) is 0 Å². The molecule has 3 fully saturated rings. The summed E-state index contributed by atoms with van der Waals surface area (Å²) in [6, 6.07) is 7.22. The van der Waals surface area contributed by atoms with E-state index in [1.54, 1.807) is 44.2 Å². The van der Waals surface area contributed by atoms with E-state index in [-0.39, 0.29) is 41.4 Å².